The number of rotatable bonds is 7. The third-order valence-corrected chi connectivity index (χ3v) is 4.80. The molecule has 0 atom stereocenters. The number of ether oxygens (including phenoxy) is 1. The van der Waals surface area contributed by atoms with Crippen molar-refractivity contribution in [2.45, 2.75) is 19.0 Å². The fourth-order valence-electron chi connectivity index (χ4n) is 2.67. The lowest BCUT2D eigenvalue weighted by Crippen LogP contribution is -2.26. The molecule has 1 aromatic heterocycles. The molecule has 0 radical (unpaired) electrons. The molecule has 140 valence electrons. The maximum atomic E-state index is 13.1. The van der Waals surface area contributed by atoms with Crippen molar-refractivity contribution in [2.24, 2.45) is 0 Å². The second-order valence-corrected chi connectivity index (χ2v) is 6.66. The van der Waals surface area contributed by atoms with E-state index in [-0.39, 0.29) is 17.2 Å². The SMILES string of the molecule is CCNC(=O)CSc1nc2ccccc2c(=O)n1-c1ccc(OCC)cc1. The van der Waals surface area contributed by atoms with Crippen LogP contribution in [0.3, 0.4) is 0 Å². The predicted octanol–water partition coefficient (Wildman–Crippen LogP) is 3.01. The molecule has 1 N–H and O–H groups in total. The molecule has 0 spiro atoms. The molecule has 6 nitrogen and oxygen atoms in total. The van der Waals surface area contributed by atoms with Gasteiger partial charge in [0.1, 0.15) is 5.75 Å². The number of nitrogens with one attached hydrogen (secondary N) is 1. The first-order chi connectivity index (χ1) is 13.1. The first kappa shape index (κ1) is 19.0. The zero-order valence-electron chi connectivity index (χ0n) is 15.3. The molecule has 0 saturated heterocycles. The molecule has 3 rings (SSSR count). The first-order valence-electron chi connectivity index (χ1n) is 8.78. The molecule has 0 saturated carbocycles. The number of amides is 1. The summed E-state index contributed by atoms with van der Waals surface area (Å²) in [4.78, 5) is 29.6. The number of nitrogens with zero attached hydrogens (tertiary/aromatic N) is 2. The lowest BCUT2D eigenvalue weighted by molar-refractivity contribution is -0.118. The van der Waals surface area contributed by atoms with E-state index < -0.39 is 0 Å². The van der Waals surface area contributed by atoms with E-state index in [0.29, 0.717) is 34.9 Å². The number of fused-ring (bicyclic) bond motifs is 1. The Morgan fingerprint density at radius 1 is 1.15 bits per heavy atom. The fourth-order valence-corrected chi connectivity index (χ4v) is 3.52. The normalized spacial score (nSPS) is 10.7. The van der Waals surface area contributed by atoms with Crippen molar-refractivity contribution >= 4 is 28.6 Å². The number of hydrogen-bond donors (Lipinski definition) is 1. The van der Waals surface area contributed by atoms with Crippen LogP contribution in [0.1, 0.15) is 13.8 Å². The van der Waals surface area contributed by atoms with Crippen LogP contribution in [0.2, 0.25) is 0 Å². The Bertz CT molecular complexity index is 1000. The lowest BCUT2D eigenvalue weighted by Gasteiger charge is -2.13. The number of carbonyl (C=O) groups excluding carboxylic acids is 1. The summed E-state index contributed by atoms with van der Waals surface area (Å²) in [5.41, 5.74) is 1.13. The van der Waals surface area contributed by atoms with Gasteiger partial charge in [-0.2, -0.15) is 0 Å². The van der Waals surface area contributed by atoms with Gasteiger partial charge in [-0.1, -0.05) is 23.9 Å². The average Bonchev–Trinajstić information content (AvgIpc) is 2.68. The van der Waals surface area contributed by atoms with E-state index in [1.165, 1.54) is 11.8 Å². The molecule has 2 aromatic carbocycles. The van der Waals surface area contributed by atoms with Crippen molar-refractivity contribution in [3.05, 3.63) is 58.9 Å². The maximum absolute atomic E-state index is 13.1. The fraction of sp³-hybridized carbons (Fsp3) is 0.250. The number of para-hydroxylation sites is 1. The summed E-state index contributed by atoms with van der Waals surface area (Å²) >= 11 is 1.24. The van der Waals surface area contributed by atoms with E-state index in [1.807, 2.05) is 50.2 Å². The highest BCUT2D eigenvalue weighted by atomic mass is 32.2. The van der Waals surface area contributed by atoms with Gasteiger partial charge in [0.2, 0.25) is 5.91 Å². The number of hydrogen-bond acceptors (Lipinski definition) is 5. The van der Waals surface area contributed by atoms with Gasteiger partial charge in [-0.3, -0.25) is 14.2 Å². The molecular weight excluding hydrogens is 362 g/mol. The van der Waals surface area contributed by atoms with Crippen LogP contribution in [0, 0.1) is 0 Å². The maximum Gasteiger partial charge on any atom is 0.266 e. The Morgan fingerprint density at radius 3 is 2.59 bits per heavy atom. The van der Waals surface area contributed by atoms with Crippen molar-refractivity contribution in [3.8, 4) is 11.4 Å². The summed E-state index contributed by atoms with van der Waals surface area (Å²) in [6.07, 6.45) is 0. The highest BCUT2D eigenvalue weighted by Crippen LogP contribution is 2.22. The topological polar surface area (TPSA) is 73.2 Å². The molecule has 27 heavy (non-hydrogen) atoms. The second kappa shape index (κ2) is 8.73. The van der Waals surface area contributed by atoms with Gasteiger partial charge in [-0.25, -0.2) is 4.98 Å². The quantitative estimate of drug-likeness (QED) is 0.502. The van der Waals surface area contributed by atoms with Crippen LogP contribution in [0.4, 0.5) is 0 Å². The van der Waals surface area contributed by atoms with E-state index in [1.54, 1.807) is 16.7 Å². The molecule has 0 fully saturated rings. The van der Waals surface area contributed by atoms with Crippen LogP contribution in [0.5, 0.6) is 5.75 Å². The molecule has 3 aromatic rings. The summed E-state index contributed by atoms with van der Waals surface area (Å²) < 4.78 is 7.02. The minimum atomic E-state index is -0.164. The predicted molar refractivity (Wildman–Crippen MR) is 108 cm³/mol. The summed E-state index contributed by atoms with van der Waals surface area (Å²) in [5, 5.41) is 3.77. The van der Waals surface area contributed by atoms with Crippen molar-refractivity contribution in [1.29, 1.82) is 0 Å². The third-order valence-electron chi connectivity index (χ3n) is 3.86. The monoisotopic (exact) mass is 383 g/mol. The lowest BCUT2D eigenvalue weighted by atomic mass is 10.2. The highest BCUT2D eigenvalue weighted by Gasteiger charge is 2.14. The van der Waals surface area contributed by atoms with E-state index in [2.05, 4.69) is 10.3 Å². The van der Waals surface area contributed by atoms with Gasteiger partial charge in [-0.05, 0) is 50.2 Å². The first-order valence-corrected chi connectivity index (χ1v) is 9.77. The van der Waals surface area contributed by atoms with Crippen molar-refractivity contribution in [2.75, 3.05) is 18.9 Å². The molecule has 0 aliphatic carbocycles. The minimum absolute atomic E-state index is 0.0943. The zero-order chi connectivity index (χ0) is 19.2. The van der Waals surface area contributed by atoms with Gasteiger partial charge < -0.3 is 10.1 Å². The van der Waals surface area contributed by atoms with Crippen LogP contribution >= 0.6 is 11.8 Å². The summed E-state index contributed by atoms with van der Waals surface area (Å²) in [7, 11) is 0. The number of thioether (sulfide) groups is 1. The van der Waals surface area contributed by atoms with Gasteiger partial charge in [0.05, 0.1) is 29.0 Å². The molecule has 1 heterocycles. The van der Waals surface area contributed by atoms with Crippen LogP contribution < -0.4 is 15.6 Å². The van der Waals surface area contributed by atoms with E-state index in [4.69, 9.17) is 4.74 Å². The minimum Gasteiger partial charge on any atom is -0.494 e. The Balaban J connectivity index is 2.07. The van der Waals surface area contributed by atoms with Crippen LogP contribution in [-0.4, -0.2) is 34.4 Å². The Kier molecular flexibility index (Phi) is 6.13. The van der Waals surface area contributed by atoms with E-state index in [0.717, 1.165) is 5.75 Å². The van der Waals surface area contributed by atoms with Gasteiger partial charge in [0.15, 0.2) is 5.16 Å². The number of aromatic nitrogens is 2. The molecule has 0 aliphatic heterocycles. The Morgan fingerprint density at radius 2 is 1.89 bits per heavy atom. The molecule has 7 heteroatoms. The van der Waals surface area contributed by atoms with Crippen LogP contribution in [-0.2, 0) is 4.79 Å². The molecule has 0 aliphatic rings. The van der Waals surface area contributed by atoms with Gasteiger partial charge in [0.25, 0.3) is 5.56 Å². The van der Waals surface area contributed by atoms with E-state index in [9.17, 15) is 9.59 Å². The second-order valence-electron chi connectivity index (χ2n) is 5.72. The molecular formula is C20H21N3O3S. The summed E-state index contributed by atoms with van der Waals surface area (Å²) in [6, 6.07) is 14.5. The van der Waals surface area contributed by atoms with Crippen LogP contribution in [0.15, 0.2) is 58.5 Å². The Hall–Kier alpha value is -2.80. The van der Waals surface area contributed by atoms with Gasteiger partial charge >= 0.3 is 0 Å². The van der Waals surface area contributed by atoms with Crippen LogP contribution in [0.25, 0.3) is 16.6 Å². The van der Waals surface area contributed by atoms with E-state index >= 15 is 0 Å². The standard InChI is InChI=1S/C20H21N3O3S/c1-3-21-18(24)13-27-20-22-17-8-6-5-7-16(17)19(25)23(20)14-9-11-15(12-10-14)26-4-2/h5-12H,3-4,13H2,1-2H3,(H,21,24). The summed E-state index contributed by atoms with van der Waals surface area (Å²) in [5.74, 6) is 0.832. The van der Waals surface area contributed by atoms with Crippen molar-refractivity contribution in [1.82, 2.24) is 14.9 Å². The number of carbonyl (C=O) groups is 1. The van der Waals surface area contributed by atoms with Crippen molar-refractivity contribution in [3.63, 3.8) is 0 Å². The summed E-state index contributed by atoms with van der Waals surface area (Å²) in [6.45, 7) is 4.93. The average molecular weight is 383 g/mol. The Labute approximate surface area is 161 Å². The van der Waals surface area contributed by atoms with Crippen molar-refractivity contribution < 1.29 is 9.53 Å². The van der Waals surface area contributed by atoms with Gasteiger partial charge in [-0.15, -0.1) is 0 Å². The smallest absolute Gasteiger partial charge is 0.266 e. The largest absolute Gasteiger partial charge is 0.494 e. The molecule has 0 bridgehead atoms. The third kappa shape index (κ3) is 4.31. The highest BCUT2D eigenvalue weighted by molar-refractivity contribution is 7.99. The van der Waals surface area contributed by atoms with Gasteiger partial charge in [0, 0.05) is 6.54 Å². The number of benzene rings is 2. The molecule has 0 unspecified atom stereocenters. The molecule has 1 amide bonds. The zero-order valence-corrected chi connectivity index (χ0v) is 16.1.